The molecular formula is C20H23NO2. The molecule has 2 aromatic rings. The molecule has 1 N–H and O–H groups in total. The maximum Gasteiger partial charge on any atom is 0.225 e. The third kappa shape index (κ3) is 3.62. The summed E-state index contributed by atoms with van der Waals surface area (Å²) in [6.45, 7) is 3.22. The molecular weight excluding hydrogens is 286 g/mol. The maximum atomic E-state index is 12.6. The minimum Gasteiger partial charge on any atom is -0.385 e. The van der Waals surface area contributed by atoms with Gasteiger partial charge in [-0.2, -0.15) is 0 Å². The molecule has 1 heterocycles. The van der Waals surface area contributed by atoms with Gasteiger partial charge in [0.15, 0.2) is 0 Å². The van der Waals surface area contributed by atoms with Crippen molar-refractivity contribution in [2.75, 3.05) is 13.1 Å². The molecule has 0 radical (unpaired) electrons. The van der Waals surface area contributed by atoms with Crippen LogP contribution in [0, 0.1) is 0 Å². The Bertz CT molecular complexity index is 652. The minimum absolute atomic E-state index is 0.0253. The fourth-order valence-electron chi connectivity index (χ4n) is 3.29. The van der Waals surface area contributed by atoms with Crippen molar-refractivity contribution >= 4 is 5.91 Å². The lowest BCUT2D eigenvalue weighted by Crippen LogP contribution is -2.35. The van der Waals surface area contributed by atoms with E-state index in [0.717, 1.165) is 25.1 Å². The Balaban J connectivity index is 1.63. The third-order valence-corrected chi connectivity index (χ3v) is 4.70. The molecule has 0 aromatic heterocycles. The van der Waals surface area contributed by atoms with Crippen molar-refractivity contribution in [2.24, 2.45) is 0 Å². The first kappa shape index (κ1) is 15.8. The normalized spacial score (nSPS) is 20.3. The van der Waals surface area contributed by atoms with Crippen LogP contribution in [0.3, 0.4) is 0 Å². The second kappa shape index (κ2) is 6.55. The van der Waals surface area contributed by atoms with Gasteiger partial charge in [-0.1, -0.05) is 60.7 Å². The second-order valence-electron chi connectivity index (χ2n) is 6.55. The van der Waals surface area contributed by atoms with Crippen LogP contribution in [0.15, 0.2) is 60.7 Å². The molecule has 1 saturated heterocycles. The van der Waals surface area contributed by atoms with Crippen molar-refractivity contribution < 1.29 is 9.90 Å². The van der Waals surface area contributed by atoms with Gasteiger partial charge in [-0.3, -0.25) is 4.79 Å². The molecule has 3 rings (SSSR count). The molecule has 0 aliphatic carbocycles. The van der Waals surface area contributed by atoms with E-state index in [1.165, 1.54) is 5.56 Å². The molecule has 0 bridgehead atoms. The molecule has 2 aromatic carbocycles. The van der Waals surface area contributed by atoms with E-state index in [4.69, 9.17) is 0 Å². The van der Waals surface area contributed by atoms with Crippen LogP contribution in [-0.4, -0.2) is 29.0 Å². The van der Waals surface area contributed by atoms with Gasteiger partial charge in [0.05, 0.1) is 12.0 Å². The summed E-state index contributed by atoms with van der Waals surface area (Å²) in [6.07, 6.45) is 1.11. The van der Waals surface area contributed by atoms with Crippen molar-refractivity contribution in [3.8, 4) is 0 Å². The van der Waals surface area contributed by atoms with Crippen LogP contribution >= 0.6 is 0 Å². The van der Waals surface area contributed by atoms with Crippen LogP contribution in [0.4, 0.5) is 0 Å². The number of likely N-dealkylation sites (tertiary alicyclic amines) is 1. The summed E-state index contributed by atoms with van der Waals surface area (Å²) in [5.41, 5.74) is 0.952. The predicted molar refractivity (Wildman–Crippen MR) is 91.0 cm³/mol. The number of benzene rings is 2. The number of hydrogen-bond donors (Lipinski definition) is 1. The molecule has 2 unspecified atom stereocenters. The summed E-state index contributed by atoms with van der Waals surface area (Å²) < 4.78 is 0. The van der Waals surface area contributed by atoms with Gasteiger partial charge in [0.2, 0.25) is 5.91 Å². The van der Waals surface area contributed by atoms with Gasteiger partial charge in [0, 0.05) is 19.0 Å². The Morgan fingerprint density at radius 2 is 1.74 bits per heavy atom. The Kier molecular flexibility index (Phi) is 4.49. The molecule has 1 amide bonds. The van der Waals surface area contributed by atoms with Gasteiger partial charge in [-0.15, -0.1) is 0 Å². The highest BCUT2D eigenvalue weighted by Gasteiger charge is 2.32. The first-order chi connectivity index (χ1) is 11.1. The smallest absolute Gasteiger partial charge is 0.225 e. The number of carbonyl (C=O) groups excluding carboxylic acids is 1. The standard InChI is InChI=1S/C20H23NO2/c1-20(23,18-10-6-3-7-11-18)14-19(22)21-13-12-17(15-21)16-8-4-2-5-9-16/h2-11,17,23H,12-15H2,1H3. The number of rotatable bonds is 4. The third-order valence-electron chi connectivity index (χ3n) is 4.70. The van der Waals surface area contributed by atoms with E-state index < -0.39 is 5.60 Å². The van der Waals surface area contributed by atoms with Crippen molar-refractivity contribution in [1.82, 2.24) is 4.90 Å². The lowest BCUT2D eigenvalue weighted by atomic mass is 9.92. The number of carbonyl (C=O) groups is 1. The summed E-state index contributed by atoms with van der Waals surface area (Å²) >= 11 is 0. The van der Waals surface area contributed by atoms with E-state index in [9.17, 15) is 9.90 Å². The van der Waals surface area contributed by atoms with E-state index in [0.29, 0.717) is 5.92 Å². The zero-order valence-corrected chi connectivity index (χ0v) is 13.5. The summed E-state index contributed by atoms with van der Waals surface area (Å²) in [6, 6.07) is 19.8. The van der Waals surface area contributed by atoms with Crippen LogP contribution in [0.5, 0.6) is 0 Å². The van der Waals surface area contributed by atoms with Gasteiger partial charge in [0.1, 0.15) is 0 Å². The van der Waals surface area contributed by atoms with E-state index in [2.05, 4.69) is 12.1 Å². The fraction of sp³-hybridized carbons (Fsp3) is 0.350. The fourth-order valence-corrected chi connectivity index (χ4v) is 3.29. The summed E-state index contributed by atoms with van der Waals surface area (Å²) in [5, 5.41) is 10.7. The second-order valence-corrected chi connectivity index (χ2v) is 6.55. The molecule has 1 aliphatic rings. The first-order valence-corrected chi connectivity index (χ1v) is 8.17. The zero-order chi connectivity index (χ0) is 16.3. The Morgan fingerprint density at radius 3 is 2.39 bits per heavy atom. The van der Waals surface area contributed by atoms with E-state index in [1.807, 2.05) is 53.4 Å². The molecule has 2 atom stereocenters. The molecule has 1 fully saturated rings. The zero-order valence-electron chi connectivity index (χ0n) is 13.5. The molecule has 0 spiro atoms. The largest absolute Gasteiger partial charge is 0.385 e. The highest BCUT2D eigenvalue weighted by atomic mass is 16.3. The SMILES string of the molecule is CC(O)(CC(=O)N1CCC(c2ccccc2)C1)c1ccccc1. The van der Waals surface area contributed by atoms with E-state index >= 15 is 0 Å². The Morgan fingerprint density at radius 1 is 1.13 bits per heavy atom. The predicted octanol–water partition coefficient (Wildman–Crippen LogP) is 3.30. The van der Waals surface area contributed by atoms with Crippen molar-refractivity contribution in [3.63, 3.8) is 0 Å². The van der Waals surface area contributed by atoms with Crippen molar-refractivity contribution in [2.45, 2.75) is 31.3 Å². The molecule has 3 heteroatoms. The van der Waals surface area contributed by atoms with E-state index in [-0.39, 0.29) is 12.3 Å². The van der Waals surface area contributed by atoms with Crippen molar-refractivity contribution in [3.05, 3.63) is 71.8 Å². The van der Waals surface area contributed by atoms with Crippen molar-refractivity contribution in [1.29, 1.82) is 0 Å². The highest BCUT2D eigenvalue weighted by Crippen LogP contribution is 2.30. The van der Waals surface area contributed by atoms with Crippen LogP contribution in [-0.2, 0) is 10.4 Å². The molecule has 0 saturated carbocycles. The summed E-state index contributed by atoms with van der Waals surface area (Å²) in [7, 11) is 0. The van der Waals surface area contributed by atoms with Gasteiger partial charge in [-0.25, -0.2) is 0 Å². The topological polar surface area (TPSA) is 40.5 Å². The highest BCUT2D eigenvalue weighted by molar-refractivity contribution is 5.78. The van der Waals surface area contributed by atoms with Gasteiger partial charge in [0.25, 0.3) is 0 Å². The number of hydrogen-bond acceptors (Lipinski definition) is 2. The summed E-state index contributed by atoms with van der Waals surface area (Å²) in [5.74, 6) is 0.430. The summed E-state index contributed by atoms with van der Waals surface area (Å²) in [4.78, 5) is 14.5. The quantitative estimate of drug-likeness (QED) is 0.941. The lowest BCUT2D eigenvalue weighted by Gasteiger charge is -2.26. The number of nitrogens with zero attached hydrogens (tertiary/aromatic N) is 1. The van der Waals surface area contributed by atoms with Crippen LogP contribution < -0.4 is 0 Å². The molecule has 120 valence electrons. The minimum atomic E-state index is -1.12. The molecule has 1 aliphatic heterocycles. The Hall–Kier alpha value is -2.13. The van der Waals surface area contributed by atoms with Gasteiger partial charge < -0.3 is 10.0 Å². The number of aliphatic hydroxyl groups is 1. The van der Waals surface area contributed by atoms with E-state index in [1.54, 1.807) is 6.92 Å². The number of amides is 1. The first-order valence-electron chi connectivity index (χ1n) is 8.17. The molecule has 3 nitrogen and oxygen atoms in total. The van der Waals surface area contributed by atoms with Gasteiger partial charge in [-0.05, 0) is 24.5 Å². The average molecular weight is 309 g/mol. The maximum absolute atomic E-state index is 12.6. The average Bonchev–Trinajstić information content (AvgIpc) is 3.06. The van der Waals surface area contributed by atoms with Crippen LogP contribution in [0.2, 0.25) is 0 Å². The molecule has 23 heavy (non-hydrogen) atoms. The van der Waals surface area contributed by atoms with Crippen LogP contribution in [0.1, 0.15) is 36.8 Å². The van der Waals surface area contributed by atoms with Gasteiger partial charge >= 0.3 is 0 Å². The lowest BCUT2D eigenvalue weighted by molar-refractivity contribution is -0.135. The monoisotopic (exact) mass is 309 g/mol. The van der Waals surface area contributed by atoms with Crippen LogP contribution in [0.25, 0.3) is 0 Å². The Labute approximate surface area is 137 Å².